The Hall–Kier alpha value is -2.61. The molecule has 0 aromatic heterocycles. The number of carbonyl (C=O) groups excluding carboxylic acids is 1. The number of benzene rings is 1. The number of non-ortho nitro benzene ring substituents is 1. The summed E-state index contributed by atoms with van der Waals surface area (Å²) in [5.41, 5.74) is 0.169. The summed E-state index contributed by atoms with van der Waals surface area (Å²) in [6.07, 6.45) is 2.16. The number of hydrogen-bond acceptors (Lipinski definition) is 5. The predicted molar refractivity (Wildman–Crippen MR) is 79.0 cm³/mol. The molecule has 2 amide bonds. The third kappa shape index (κ3) is 2.37. The summed E-state index contributed by atoms with van der Waals surface area (Å²) in [5, 5.41) is 24.0. The van der Waals surface area contributed by atoms with E-state index >= 15 is 0 Å². The number of aliphatic hydroxyl groups is 1. The van der Waals surface area contributed by atoms with E-state index in [1.54, 1.807) is 18.0 Å². The number of nitro benzene ring substituents is 1. The van der Waals surface area contributed by atoms with Crippen LogP contribution in [0.2, 0.25) is 0 Å². The molecule has 3 rings (SSSR count). The van der Waals surface area contributed by atoms with Crippen LogP contribution in [0.5, 0.6) is 0 Å². The van der Waals surface area contributed by atoms with Crippen molar-refractivity contribution in [1.29, 1.82) is 0 Å². The van der Waals surface area contributed by atoms with E-state index in [4.69, 9.17) is 0 Å². The topological polar surface area (TPSA) is 99.0 Å². The Bertz CT molecular complexity index is 656. The van der Waals surface area contributed by atoms with Gasteiger partial charge in [-0.1, -0.05) is 6.07 Å². The molecule has 8 nitrogen and oxygen atoms in total. The van der Waals surface area contributed by atoms with Gasteiger partial charge >= 0.3 is 6.03 Å². The molecule has 22 heavy (non-hydrogen) atoms. The average molecular weight is 304 g/mol. The fourth-order valence-corrected chi connectivity index (χ4v) is 2.54. The van der Waals surface area contributed by atoms with Gasteiger partial charge < -0.3 is 10.4 Å². The molecule has 1 unspecified atom stereocenters. The summed E-state index contributed by atoms with van der Waals surface area (Å²) >= 11 is 0. The van der Waals surface area contributed by atoms with Gasteiger partial charge in [0.15, 0.2) is 6.23 Å². The SMILES string of the molecule is CNC1=CC(O)N(c2cccc([N+](=O)[O-])c2)C(=O)N1C1CC1. The maximum Gasteiger partial charge on any atom is 0.332 e. The van der Waals surface area contributed by atoms with E-state index in [2.05, 4.69) is 5.32 Å². The Morgan fingerprint density at radius 2 is 2.09 bits per heavy atom. The number of rotatable bonds is 4. The summed E-state index contributed by atoms with van der Waals surface area (Å²) in [4.78, 5) is 25.8. The molecule has 1 atom stereocenters. The molecule has 0 saturated heterocycles. The standard InChI is InChI=1S/C14H16N4O4/c1-15-12-8-13(19)17(14(20)16(12)9-5-6-9)10-3-2-4-11(7-10)18(21)22/h2-4,7-9,13,15,19H,5-6H2,1H3. The molecule has 1 heterocycles. The Morgan fingerprint density at radius 3 is 2.68 bits per heavy atom. The van der Waals surface area contributed by atoms with Crippen LogP contribution in [0.25, 0.3) is 0 Å². The minimum Gasteiger partial charge on any atom is -0.375 e. The van der Waals surface area contributed by atoms with Crippen LogP contribution in [-0.2, 0) is 0 Å². The van der Waals surface area contributed by atoms with Gasteiger partial charge in [0, 0.05) is 31.3 Å². The van der Waals surface area contributed by atoms with Crippen LogP contribution in [0.4, 0.5) is 16.2 Å². The predicted octanol–water partition coefficient (Wildman–Crippen LogP) is 1.38. The van der Waals surface area contributed by atoms with Gasteiger partial charge in [-0.15, -0.1) is 0 Å². The quantitative estimate of drug-likeness (QED) is 0.646. The van der Waals surface area contributed by atoms with Gasteiger partial charge in [0.1, 0.15) is 5.82 Å². The Labute approximate surface area is 126 Å². The molecule has 8 heteroatoms. The molecular formula is C14H16N4O4. The zero-order valence-electron chi connectivity index (χ0n) is 12.0. The third-order valence-electron chi connectivity index (χ3n) is 3.73. The first-order valence-corrected chi connectivity index (χ1v) is 6.97. The second kappa shape index (κ2) is 5.30. The highest BCUT2D eigenvalue weighted by molar-refractivity contribution is 5.95. The van der Waals surface area contributed by atoms with Crippen LogP contribution in [-0.4, -0.2) is 40.3 Å². The molecule has 116 valence electrons. The molecular weight excluding hydrogens is 288 g/mol. The lowest BCUT2D eigenvalue weighted by atomic mass is 10.2. The minimum atomic E-state index is -1.17. The van der Waals surface area contributed by atoms with E-state index in [-0.39, 0.29) is 17.8 Å². The Balaban J connectivity index is 1.99. The molecule has 0 spiro atoms. The summed E-state index contributed by atoms with van der Waals surface area (Å²) in [6.45, 7) is 0. The van der Waals surface area contributed by atoms with Crippen molar-refractivity contribution in [3.05, 3.63) is 46.3 Å². The largest absolute Gasteiger partial charge is 0.375 e. The van der Waals surface area contributed by atoms with E-state index in [0.717, 1.165) is 17.7 Å². The summed E-state index contributed by atoms with van der Waals surface area (Å²) < 4.78 is 0. The molecule has 1 aliphatic carbocycles. The van der Waals surface area contributed by atoms with Crippen LogP contribution >= 0.6 is 0 Å². The fraction of sp³-hybridized carbons (Fsp3) is 0.357. The lowest BCUT2D eigenvalue weighted by molar-refractivity contribution is -0.384. The zero-order chi connectivity index (χ0) is 15.9. The smallest absolute Gasteiger partial charge is 0.332 e. The monoisotopic (exact) mass is 304 g/mol. The van der Waals surface area contributed by atoms with Crippen LogP contribution in [0.15, 0.2) is 36.2 Å². The van der Waals surface area contributed by atoms with Gasteiger partial charge in [-0.05, 0) is 18.9 Å². The van der Waals surface area contributed by atoms with Gasteiger partial charge in [0.05, 0.1) is 10.6 Å². The number of hydrogen-bond donors (Lipinski definition) is 2. The number of nitrogens with one attached hydrogen (secondary N) is 1. The van der Waals surface area contributed by atoms with Crippen LogP contribution in [0, 0.1) is 10.1 Å². The van der Waals surface area contributed by atoms with Crippen LogP contribution in [0.3, 0.4) is 0 Å². The van der Waals surface area contributed by atoms with Crippen molar-refractivity contribution in [3.8, 4) is 0 Å². The van der Waals surface area contributed by atoms with Crippen molar-refractivity contribution < 1.29 is 14.8 Å². The van der Waals surface area contributed by atoms with Crippen LogP contribution in [0.1, 0.15) is 12.8 Å². The highest BCUT2D eigenvalue weighted by atomic mass is 16.6. The Morgan fingerprint density at radius 1 is 1.36 bits per heavy atom. The Kier molecular flexibility index (Phi) is 3.45. The number of aliphatic hydroxyl groups excluding tert-OH is 1. The van der Waals surface area contributed by atoms with Gasteiger partial charge in [0.25, 0.3) is 5.69 Å². The molecule has 1 aromatic carbocycles. The van der Waals surface area contributed by atoms with Crippen molar-refractivity contribution in [2.45, 2.75) is 25.1 Å². The van der Waals surface area contributed by atoms with Gasteiger partial charge in [0.2, 0.25) is 0 Å². The third-order valence-corrected chi connectivity index (χ3v) is 3.73. The molecule has 1 aliphatic heterocycles. The molecule has 2 aliphatic rings. The van der Waals surface area contributed by atoms with Gasteiger partial charge in [-0.2, -0.15) is 0 Å². The molecule has 0 radical (unpaired) electrons. The second-order valence-electron chi connectivity index (χ2n) is 5.25. The first-order chi connectivity index (χ1) is 10.5. The number of anilines is 1. The van der Waals surface area contributed by atoms with Crippen molar-refractivity contribution in [2.24, 2.45) is 0 Å². The lowest BCUT2D eigenvalue weighted by Crippen LogP contribution is -2.54. The molecule has 2 N–H and O–H groups in total. The van der Waals surface area contributed by atoms with Crippen molar-refractivity contribution in [2.75, 3.05) is 11.9 Å². The molecule has 1 saturated carbocycles. The maximum absolute atomic E-state index is 12.7. The average Bonchev–Trinajstić information content (AvgIpc) is 3.31. The minimum absolute atomic E-state index is 0.111. The molecule has 1 aromatic rings. The summed E-state index contributed by atoms with van der Waals surface area (Å²) in [7, 11) is 1.68. The second-order valence-corrected chi connectivity index (χ2v) is 5.25. The van der Waals surface area contributed by atoms with E-state index in [1.807, 2.05) is 0 Å². The summed E-state index contributed by atoms with van der Waals surface area (Å²) in [5.74, 6) is 0.557. The normalized spacial score (nSPS) is 21.6. The van der Waals surface area contributed by atoms with E-state index < -0.39 is 11.2 Å². The highest BCUT2D eigenvalue weighted by Crippen LogP contribution is 2.35. The first kappa shape index (κ1) is 14.3. The highest BCUT2D eigenvalue weighted by Gasteiger charge is 2.42. The van der Waals surface area contributed by atoms with E-state index in [0.29, 0.717) is 11.5 Å². The van der Waals surface area contributed by atoms with E-state index in [1.165, 1.54) is 24.3 Å². The van der Waals surface area contributed by atoms with Crippen molar-refractivity contribution in [3.63, 3.8) is 0 Å². The van der Waals surface area contributed by atoms with Gasteiger partial charge in [-0.3, -0.25) is 19.9 Å². The zero-order valence-corrected chi connectivity index (χ0v) is 12.0. The number of amides is 2. The molecule has 1 fully saturated rings. The molecule has 0 bridgehead atoms. The number of nitrogens with zero attached hydrogens (tertiary/aromatic N) is 3. The number of urea groups is 1. The fourth-order valence-electron chi connectivity index (χ4n) is 2.54. The maximum atomic E-state index is 12.7. The van der Waals surface area contributed by atoms with Crippen LogP contribution < -0.4 is 10.2 Å². The number of nitro groups is 1. The van der Waals surface area contributed by atoms with Gasteiger partial charge in [-0.25, -0.2) is 4.79 Å². The first-order valence-electron chi connectivity index (χ1n) is 6.97. The summed E-state index contributed by atoms with van der Waals surface area (Å²) in [6, 6.07) is 5.41. The van der Waals surface area contributed by atoms with E-state index in [9.17, 15) is 20.0 Å². The van der Waals surface area contributed by atoms with Crippen molar-refractivity contribution in [1.82, 2.24) is 10.2 Å². The lowest BCUT2D eigenvalue weighted by Gasteiger charge is -2.38. The van der Waals surface area contributed by atoms with Crippen molar-refractivity contribution >= 4 is 17.4 Å². The number of carbonyl (C=O) groups is 1.